The number of aliphatic hydroxyl groups is 1. The number of hydrogen-bond donors (Lipinski definition) is 2. The van der Waals surface area contributed by atoms with E-state index >= 15 is 0 Å². The Kier molecular flexibility index (Phi) is 4.76. The van der Waals surface area contributed by atoms with E-state index in [1.807, 2.05) is 31.2 Å². The molecule has 1 fully saturated rings. The molecule has 1 heterocycles. The van der Waals surface area contributed by atoms with Gasteiger partial charge in [-0.2, -0.15) is 0 Å². The number of rotatable bonds is 8. The van der Waals surface area contributed by atoms with Gasteiger partial charge in [-0.05, 0) is 31.4 Å². The largest absolute Gasteiger partial charge is 0.396 e. The van der Waals surface area contributed by atoms with Crippen LogP contribution in [0.1, 0.15) is 32.6 Å². The van der Waals surface area contributed by atoms with Gasteiger partial charge in [0.25, 0.3) is 0 Å². The number of amides is 1. The van der Waals surface area contributed by atoms with Crippen molar-refractivity contribution in [2.24, 2.45) is 5.41 Å². The van der Waals surface area contributed by atoms with Gasteiger partial charge < -0.3 is 10.4 Å². The van der Waals surface area contributed by atoms with Crippen molar-refractivity contribution in [1.29, 1.82) is 0 Å². The number of aryl methyl sites for hydroxylation is 2. The monoisotopic (exact) mass is 331 g/mol. The molecule has 1 aromatic heterocycles. The first-order valence-corrected chi connectivity index (χ1v) is 8.66. The summed E-state index contributed by atoms with van der Waals surface area (Å²) in [6.45, 7) is 3.73. The first kappa shape index (κ1) is 16.8. The predicted molar refractivity (Wildman–Crippen MR) is 92.9 cm³/mol. The highest BCUT2D eigenvalue weighted by Crippen LogP contribution is 2.44. The molecule has 0 saturated heterocycles. The maximum Gasteiger partial charge on any atom is 0.329 e. The fourth-order valence-corrected chi connectivity index (χ4v) is 3.08. The van der Waals surface area contributed by atoms with Crippen LogP contribution in [0.25, 0.3) is 11.0 Å². The number of carbonyl (C=O) groups is 1. The molecule has 2 N–H and O–H groups in total. The number of hydrogen-bond acceptors (Lipinski definition) is 3. The van der Waals surface area contributed by atoms with E-state index in [2.05, 4.69) is 5.32 Å². The van der Waals surface area contributed by atoms with Crippen molar-refractivity contribution in [2.45, 2.75) is 45.7 Å². The molecule has 3 rings (SSSR count). The van der Waals surface area contributed by atoms with Crippen molar-refractivity contribution >= 4 is 16.9 Å². The van der Waals surface area contributed by atoms with E-state index in [9.17, 15) is 14.7 Å². The van der Waals surface area contributed by atoms with Crippen LogP contribution >= 0.6 is 0 Å². The summed E-state index contributed by atoms with van der Waals surface area (Å²) in [4.78, 5) is 24.7. The standard InChI is InChI=1S/C18H25N3O3/c1-2-10-20-14-5-3-4-6-15(14)21(17(20)24)11-7-16(23)19-12-18(13-22)8-9-18/h3-6,22H,2,7-13H2,1H3,(H,19,23). The Balaban J connectivity index is 1.70. The fraction of sp³-hybridized carbons (Fsp3) is 0.556. The van der Waals surface area contributed by atoms with Gasteiger partial charge in [0.15, 0.2) is 0 Å². The molecule has 1 aliphatic carbocycles. The minimum absolute atomic E-state index is 0.0557. The van der Waals surface area contributed by atoms with Crippen LogP contribution in [0.3, 0.4) is 0 Å². The molecule has 1 saturated carbocycles. The minimum Gasteiger partial charge on any atom is -0.396 e. The summed E-state index contributed by atoms with van der Waals surface area (Å²) in [7, 11) is 0. The summed E-state index contributed by atoms with van der Waals surface area (Å²) in [5.74, 6) is -0.0750. The van der Waals surface area contributed by atoms with E-state index in [-0.39, 0.29) is 30.0 Å². The molecule has 1 aromatic carbocycles. The molecule has 0 bridgehead atoms. The average Bonchev–Trinajstić information content (AvgIpc) is 3.34. The van der Waals surface area contributed by atoms with Gasteiger partial charge >= 0.3 is 5.69 Å². The Labute approximate surface area is 141 Å². The lowest BCUT2D eigenvalue weighted by molar-refractivity contribution is -0.121. The van der Waals surface area contributed by atoms with E-state index in [0.29, 0.717) is 19.6 Å². The second-order valence-electron chi connectivity index (χ2n) is 6.76. The normalized spacial score (nSPS) is 15.6. The smallest absolute Gasteiger partial charge is 0.329 e. The zero-order valence-corrected chi connectivity index (χ0v) is 14.1. The number of aliphatic hydroxyl groups excluding tert-OH is 1. The number of aromatic nitrogens is 2. The lowest BCUT2D eigenvalue weighted by atomic mass is 10.1. The summed E-state index contributed by atoms with van der Waals surface area (Å²) >= 11 is 0. The number of fused-ring (bicyclic) bond motifs is 1. The molecule has 2 aromatic rings. The van der Waals surface area contributed by atoms with Gasteiger partial charge in [-0.1, -0.05) is 19.1 Å². The van der Waals surface area contributed by atoms with Crippen molar-refractivity contribution in [1.82, 2.24) is 14.5 Å². The van der Waals surface area contributed by atoms with Gasteiger partial charge in [0.05, 0.1) is 17.6 Å². The SMILES string of the molecule is CCCn1c(=O)n(CCC(=O)NCC2(CO)CC2)c2ccccc21. The quantitative estimate of drug-likeness (QED) is 0.769. The number of para-hydroxylation sites is 2. The number of benzene rings is 1. The third kappa shape index (κ3) is 3.24. The van der Waals surface area contributed by atoms with E-state index in [1.54, 1.807) is 9.13 Å². The van der Waals surface area contributed by atoms with Crippen LogP contribution in [0.5, 0.6) is 0 Å². The highest BCUT2D eigenvalue weighted by atomic mass is 16.3. The highest BCUT2D eigenvalue weighted by molar-refractivity contribution is 5.78. The van der Waals surface area contributed by atoms with Crippen molar-refractivity contribution in [2.75, 3.05) is 13.2 Å². The molecular weight excluding hydrogens is 306 g/mol. The highest BCUT2D eigenvalue weighted by Gasteiger charge is 2.41. The maximum atomic E-state index is 12.6. The van der Waals surface area contributed by atoms with Gasteiger partial charge in [0.2, 0.25) is 5.91 Å². The topological polar surface area (TPSA) is 76.3 Å². The lowest BCUT2D eigenvalue weighted by Crippen LogP contribution is -2.33. The number of nitrogens with zero attached hydrogens (tertiary/aromatic N) is 2. The van der Waals surface area contributed by atoms with Gasteiger partial charge in [-0.15, -0.1) is 0 Å². The van der Waals surface area contributed by atoms with Gasteiger partial charge in [0, 0.05) is 31.5 Å². The molecule has 0 spiro atoms. The Hall–Kier alpha value is -2.08. The van der Waals surface area contributed by atoms with Crippen molar-refractivity contribution in [3.8, 4) is 0 Å². The molecule has 0 unspecified atom stereocenters. The summed E-state index contributed by atoms with van der Waals surface area (Å²) < 4.78 is 3.46. The van der Waals surface area contributed by atoms with Crippen LogP contribution in [-0.2, 0) is 17.9 Å². The first-order valence-electron chi connectivity index (χ1n) is 8.66. The van der Waals surface area contributed by atoms with E-state index in [0.717, 1.165) is 30.3 Å². The zero-order valence-electron chi connectivity index (χ0n) is 14.1. The molecule has 24 heavy (non-hydrogen) atoms. The first-order chi connectivity index (χ1) is 11.6. The molecule has 0 atom stereocenters. The van der Waals surface area contributed by atoms with Crippen molar-refractivity contribution in [3.63, 3.8) is 0 Å². The Bertz CT molecular complexity index is 786. The lowest BCUT2D eigenvalue weighted by Gasteiger charge is -2.12. The van der Waals surface area contributed by atoms with Crippen LogP contribution < -0.4 is 11.0 Å². The molecule has 6 nitrogen and oxygen atoms in total. The van der Waals surface area contributed by atoms with Crippen molar-refractivity contribution < 1.29 is 9.90 Å². The number of imidazole rings is 1. The minimum atomic E-state index is -0.0936. The summed E-state index contributed by atoms with van der Waals surface area (Å²) in [5.41, 5.74) is 1.64. The summed E-state index contributed by atoms with van der Waals surface area (Å²) in [6.07, 6.45) is 3.08. The van der Waals surface area contributed by atoms with Crippen LogP contribution in [0.2, 0.25) is 0 Å². The van der Waals surface area contributed by atoms with Gasteiger partial charge in [-0.25, -0.2) is 4.79 Å². The third-order valence-corrected chi connectivity index (χ3v) is 4.89. The average molecular weight is 331 g/mol. The molecule has 1 aliphatic rings. The maximum absolute atomic E-state index is 12.6. The molecule has 6 heteroatoms. The number of carbonyl (C=O) groups excluding carboxylic acids is 1. The van der Waals surface area contributed by atoms with Crippen LogP contribution in [0, 0.1) is 5.41 Å². The summed E-state index contributed by atoms with van der Waals surface area (Å²) in [5, 5.41) is 12.2. The predicted octanol–water partition coefficient (Wildman–Crippen LogP) is 1.49. The van der Waals surface area contributed by atoms with Crippen molar-refractivity contribution in [3.05, 3.63) is 34.7 Å². The number of nitrogens with one attached hydrogen (secondary N) is 1. The van der Waals surface area contributed by atoms with Crippen LogP contribution in [0.4, 0.5) is 0 Å². The molecule has 130 valence electrons. The molecule has 0 radical (unpaired) electrons. The second-order valence-corrected chi connectivity index (χ2v) is 6.76. The molecular formula is C18H25N3O3. The zero-order chi connectivity index (χ0) is 17.2. The summed E-state index contributed by atoms with van der Waals surface area (Å²) in [6, 6.07) is 7.70. The molecule has 0 aliphatic heterocycles. The van der Waals surface area contributed by atoms with Gasteiger partial charge in [0.1, 0.15) is 0 Å². The second kappa shape index (κ2) is 6.81. The Morgan fingerprint density at radius 1 is 1.21 bits per heavy atom. The Morgan fingerprint density at radius 2 is 1.83 bits per heavy atom. The van der Waals surface area contributed by atoms with Crippen LogP contribution in [-0.4, -0.2) is 33.3 Å². The van der Waals surface area contributed by atoms with E-state index in [4.69, 9.17) is 0 Å². The third-order valence-electron chi connectivity index (χ3n) is 4.89. The van der Waals surface area contributed by atoms with E-state index < -0.39 is 0 Å². The molecule has 1 amide bonds. The Morgan fingerprint density at radius 3 is 2.38 bits per heavy atom. The van der Waals surface area contributed by atoms with Gasteiger partial charge in [-0.3, -0.25) is 13.9 Å². The fourth-order valence-electron chi connectivity index (χ4n) is 3.08. The van der Waals surface area contributed by atoms with Crippen LogP contribution in [0.15, 0.2) is 29.1 Å². The van der Waals surface area contributed by atoms with E-state index in [1.165, 1.54) is 0 Å².